The first-order valence-electron chi connectivity index (χ1n) is 30.1. The third-order valence-corrected chi connectivity index (χ3v) is 17.1. The number of aliphatic hydroxyl groups is 19. The third kappa shape index (κ3) is 17.5. The van der Waals surface area contributed by atoms with Crippen molar-refractivity contribution in [3.8, 4) is 0 Å². The van der Waals surface area contributed by atoms with Crippen LogP contribution in [0.5, 0.6) is 0 Å². The van der Waals surface area contributed by atoms with Crippen molar-refractivity contribution in [1.82, 2.24) is 21.3 Å². The maximum atomic E-state index is 13.3. The number of carbonyl (C=O) groups is 5. The summed E-state index contributed by atoms with van der Waals surface area (Å²) in [6.45, 7) is -1.42. The minimum atomic E-state index is -3.28. The molecule has 0 aliphatic carbocycles. The SMILES string of the molecule is CC(=O)N[C@@H]1[C@@H](O[C@@H]2O[C@H](CO)[C@@H](O)[C@H](O[C@@H]3O[C@H](CO)[C@H](O)[C@H](O)[C@H]3O)[C@H]2NC(C)=O)[C@@H](O)[C@@H](CO[C@@H]2O[C@H](CO)[C@@H](O[C@@H]3O[C@H](CO)[C@H](O)[C@H](O[C@]4(C(=O)O)C[C@H](O)[C@@H](NC(C)=O)[C@H]([C@H](O)[C@H](O)CO)O4)[C@H]3O)[C@H](O[C@@H]3O[C@@H](C)[C@@H](O)[C@@H](O)[C@@H]3O)[C@H]2NC(C)=O)O[C@@H]1O. The van der Waals surface area contributed by atoms with E-state index in [0.29, 0.717) is 0 Å². The van der Waals surface area contributed by atoms with E-state index in [4.69, 9.17) is 61.6 Å². The second-order valence-corrected chi connectivity index (χ2v) is 24.0. The van der Waals surface area contributed by atoms with Crippen LogP contribution in [0.3, 0.4) is 0 Å². The Labute approximate surface area is 538 Å². The molecule has 0 spiro atoms. The highest BCUT2D eigenvalue weighted by atomic mass is 16.8. The van der Waals surface area contributed by atoms with Crippen molar-refractivity contribution < 1.29 is 188 Å². The summed E-state index contributed by atoms with van der Waals surface area (Å²) in [6.07, 6.45) is -64.2. The van der Waals surface area contributed by atoms with Crippen LogP contribution >= 0.6 is 0 Å². The molecule has 0 saturated carbocycles. The lowest BCUT2D eigenvalue weighted by Gasteiger charge is -2.52. The zero-order valence-corrected chi connectivity index (χ0v) is 51.4. The van der Waals surface area contributed by atoms with E-state index in [-0.39, 0.29) is 0 Å². The van der Waals surface area contributed by atoms with Gasteiger partial charge >= 0.3 is 5.97 Å². The van der Waals surface area contributed by atoms with Gasteiger partial charge in [0.1, 0.15) is 159 Å². The molecule has 7 aliphatic heterocycles. The normalized spacial score (nSPS) is 46.4. The Balaban J connectivity index is 1.21. The molecule has 7 aliphatic rings. The molecule has 0 aromatic heterocycles. The number of aliphatic carboxylic acids is 1. The Morgan fingerprint density at radius 2 is 0.874 bits per heavy atom. The van der Waals surface area contributed by atoms with Crippen molar-refractivity contribution in [2.45, 2.75) is 261 Å². The van der Waals surface area contributed by atoms with E-state index in [2.05, 4.69) is 21.3 Å². The highest BCUT2D eigenvalue weighted by Crippen LogP contribution is 2.41. The van der Waals surface area contributed by atoms with Gasteiger partial charge in [-0.2, -0.15) is 0 Å². The molecule has 42 nitrogen and oxygen atoms in total. The molecule has 548 valence electrons. The summed E-state index contributed by atoms with van der Waals surface area (Å²) in [4.78, 5) is 64.3. The van der Waals surface area contributed by atoms with Crippen molar-refractivity contribution in [3.63, 3.8) is 0 Å². The highest BCUT2D eigenvalue weighted by Gasteiger charge is 2.62. The van der Waals surface area contributed by atoms with Crippen LogP contribution in [0.2, 0.25) is 0 Å². The van der Waals surface area contributed by atoms with E-state index in [1.165, 1.54) is 6.92 Å². The molecule has 7 rings (SSSR count). The van der Waals surface area contributed by atoms with Crippen molar-refractivity contribution in [3.05, 3.63) is 0 Å². The summed E-state index contributed by atoms with van der Waals surface area (Å²) in [5, 5.41) is 228. The number of hydrogen-bond acceptors (Lipinski definition) is 37. The number of ether oxygens (including phenoxy) is 13. The number of rotatable bonds is 25. The fraction of sp³-hybridized carbons (Fsp3) is 0.906. The van der Waals surface area contributed by atoms with Gasteiger partial charge in [-0.1, -0.05) is 0 Å². The van der Waals surface area contributed by atoms with Gasteiger partial charge in [-0.15, -0.1) is 0 Å². The highest BCUT2D eigenvalue weighted by molar-refractivity contribution is 5.77. The molecule has 0 aromatic rings. The molecule has 95 heavy (non-hydrogen) atoms. The fourth-order valence-electron chi connectivity index (χ4n) is 12.2. The minimum Gasteiger partial charge on any atom is -0.477 e. The summed E-state index contributed by atoms with van der Waals surface area (Å²) in [5.41, 5.74) is 0. The Morgan fingerprint density at radius 3 is 1.41 bits per heavy atom. The number of carbonyl (C=O) groups excluding carboxylic acids is 4. The van der Waals surface area contributed by atoms with Crippen molar-refractivity contribution in [2.24, 2.45) is 0 Å². The average molecular weight is 1390 g/mol. The van der Waals surface area contributed by atoms with Crippen LogP contribution < -0.4 is 21.3 Å². The van der Waals surface area contributed by atoms with Crippen molar-refractivity contribution in [2.75, 3.05) is 39.6 Å². The Morgan fingerprint density at radius 1 is 0.453 bits per heavy atom. The fourth-order valence-corrected chi connectivity index (χ4v) is 12.2. The lowest BCUT2D eigenvalue weighted by molar-refractivity contribution is -0.392. The first-order chi connectivity index (χ1) is 44.7. The second kappa shape index (κ2) is 33.5. The van der Waals surface area contributed by atoms with Crippen LogP contribution in [-0.4, -0.2) is 392 Å². The van der Waals surface area contributed by atoms with Gasteiger partial charge in [0.05, 0.1) is 57.9 Å². The zero-order valence-electron chi connectivity index (χ0n) is 51.4. The van der Waals surface area contributed by atoms with Crippen LogP contribution in [0.15, 0.2) is 0 Å². The van der Waals surface area contributed by atoms with Gasteiger partial charge in [0.15, 0.2) is 37.7 Å². The molecule has 4 amide bonds. The molecule has 0 aromatic carbocycles. The largest absolute Gasteiger partial charge is 0.477 e. The number of amides is 4. The molecule has 0 radical (unpaired) electrons. The lowest BCUT2D eigenvalue weighted by Crippen LogP contribution is -2.72. The number of hydrogen-bond donors (Lipinski definition) is 24. The number of nitrogens with one attached hydrogen (secondary N) is 4. The van der Waals surface area contributed by atoms with Crippen LogP contribution in [0.1, 0.15) is 41.0 Å². The summed E-state index contributed by atoms with van der Waals surface area (Å²) in [6, 6.07) is -7.23. The van der Waals surface area contributed by atoms with E-state index >= 15 is 0 Å². The van der Waals surface area contributed by atoms with Gasteiger partial charge in [0.25, 0.3) is 5.79 Å². The van der Waals surface area contributed by atoms with E-state index in [1.54, 1.807) is 0 Å². The van der Waals surface area contributed by atoms with Gasteiger partial charge in [-0.05, 0) is 6.92 Å². The summed E-state index contributed by atoms with van der Waals surface area (Å²) < 4.78 is 76.8. The predicted octanol–water partition coefficient (Wildman–Crippen LogP) is -15.5. The Kier molecular flexibility index (Phi) is 27.6. The van der Waals surface area contributed by atoms with Gasteiger partial charge < -0.3 is 185 Å². The Bertz CT molecular complexity index is 2520. The molecule has 36 atom stereocenters. The molecule has 0 bridgehead atoms. The molecular weight excluding hydrogens is 1300 g/mol. The number of carboxylic acid groups (broad SMARTS) is 1. The third-order valence-electron chi connectivity index (χ3n) is 17.1. The van der Waals surface area contributed by atoms with Crippen molar-refractivity contribution in [1.29, 1.82) is 0 Å². The van der Waals surface area contributed by atoms with Crippen LogP contribution in [0, 0.1) is 0 Å². The van der Waals surface area contributed by atoms with Gasteiger partial charge in [0.2, 0.25) is 23.6 Å². The maximum Gasteiger partial charge on any atom is 0.364 e. The molecule has 7 heterocycles. The number of carboxylic acids is 1. The summed E-state index contributed by atoms with van der Waals surface area (Å²) in [5.74, 6) is -8.96. The monoisotopic (exact) mass is 1390 g/mol. The quantitative estimate of drug-likeness (QED) is 0.0404. The van der Waals surface area contributed by atoms with Crippen LogP contribution in [0.4, 0.5) is 0 Å². The van der Waals surface area contributed by atoms with E-state index in [0.717, 1.165) is 27.7 Å². The molecule has 24 N–H and O–H groups in total. The topological polar surface area (TPSA) is 658 Å². The maximum absolute atomic E-state index is 13.3. The zero-order chi connectivity index (χ0) is 70.6. The van der Waals surface area contributed by atoms with Crippen molar-refractivity contribution >= 4 is 29.6 Å². The predicted molar refractivity (Wildman–Crippen MR) is 294 cm³/mol. The van der Waals surface area contributed by atoms with Gasteiger partial charge in [-0.3, -0.25) is 19.2 Å². The first kappa shape index (κ1) is 78.4. The van der Waals surface area contributed by atoms with Crippen LogP contribution in [0.25, 0.3) is 0 Å². The van der Waals surface area contributed by atoms with E-state index in [9.17, 15) is 126 Å². The number of aliphatic hydroxyl groups excluding tert-OH is 19. The Hall–Kier alpha value is -3.93. The van der Waals surface area contributed by atoms with Crippen LogP contribution in [-0.2, 0) is 85.6 Å². The molecule has 42 heteroatoms. The lowest BCUT2D eigenvalue weighted by atomic mass is 9.88. The summed E-state index contributed by atoms with van der Waals surface area (Å²) in [7, 11) is 0. The standard InChI is InChI=1S/C53H88N4O38/c1-13-29(69)35(75)37(77)49(84-13)93-44-28(57-17(5)66)47(89-23(11-62)40(44)90-51-39(79)45(33(73)22(10-61)88-51)95-53(52(81)82)6-18(67)25(54-14(2)63)43(94-53)30(70)19(68)7-58)83-12-24-34(74)41(26(46(80)85-24)55-15(3)64)91-48-27(56-16(4)65)42(32(72)21(9-60)86-48)92-50-38(78)36(76)31(71)20(8-59)87-50/h13,18-51,58-62,67-80H,6-12H2,1-5H3,(H,54,63)(H,55,64)(H,56,65)(H,57,66)(H,81,82)/t13-,18-,19+,20+,21+,22+,23+,24+,25+,26+,27+,28+,29+,30+,31-,32+,33-,34-,35+,36-,37-,38+,39+,40+,41+,42+,43+,44+,45-,46-,47+,48-,49-,50-,51-,53-/m0/s1. The van der Waals surface area contributed by atoms with Gasteiger partial charge in [-0.25, -0.2) is 4.79 Å². The molecular formula is C53H88N4O38. The van der Waals surface area contributed by atoms with E-state index in [1.807, 2.05) is 0 Å². The summed E-state index contributed by atoms with van der Waals surface area (Å²) >= 11 is 0. The molecule has 0 unspecified atom stereocenters. The van der Waals surface area contributed by atoms with E-state index < -0.39 is 296 Å². The average Bonchev–Trinajstić information content (AvgIpc) is 0.760. The minimum absolute atomic E-state index is 0.856. The molecule has 7 fully saturated rings. The first-order valence-corrected chi connectivity index (χ1v) is 30.1. The molecule has 7 saturated heterocycles. The van der Waals surface area contributed by atoms with Gasteiger partial charge in [0, 0.05) is 34.1 Å². The second-order valence-electron chi connectivity index (χ2n) is 24.0. The smallest absolute Gasteiger partial charge is 0.364 e.